The van der Waals surface area contributed by atoms with Crippen molar-refractivity contribution in [3.05, 3.63) is 113 Å². The number of benzene rings is 4. The number of amides is 2. The lowest BCUT2D eigenvalue weighted by molar-refractivity contribution is -0.120. The molecule has 0 saturated carbocycles. The lowest BCUT2D eigenvalue weighted by Gasteiger charge is -2.16. The zero-order valence-electron chi connectivity index (χ0n) is 17.9. The molecule has 0 radical (unpaired) electrons. The fourth-order valence-electron chi connectivity index (χ4n) is 4.02. The molecule has 2 amide bonds. The van der Waals surface area contributed by atoms with E-state index in [4.69, 9.17) is 5.26 Å². The summed E-state index contributed by atoms with van der Waals surface area (Å²) in [5.41, 5.74) is 3.89. The highest BCUT2D eigenvalue weighted by Gasteiger charge is 2.40. The summed E-state index contributed by atoms with van der Waals surface area (Å²) in [4.78, 5) is 28.3. The minimum Gasteiger partial charge on any atom is -0.350 e. The van der Waals surface area contributed by atoms with Crippen molar-refractivity contribution in [1.29, 1.82) is 5.26 Å². The molecule has 1 heterocycles. The third kappa shape index (κ3) is 3.54. The predicted molar refractivity (Wildman–Crippen MR) is 129 cm³/mol. The average Bonchev–Trinajstić information content (AvgIpc) is 3.09. The van der Waals surface area contributed by atoms with E-state index in [1.165, 1.54) is 0 Å². The van der Waals surface area contributed by atoms with Gasteiger partial charge in [0, 0.05) is 11.1 Å². The second-order valence-electron chi connectivity index (χ2n) is 7.87. The van der Waals surface area contributed by atoms with Crippen LogP contribution in [-0.2, 0) is 9.59 Å². The normalized spacial score (nSPS) is 13.5. The number of nitrogens with zero attached hydrogens (tertiary/aromatic N) is 2. The first-order chi connectivity index (χ1) is 16.1. The van der Waals surface area contributed by atoms with Crippen molar-refractivity contribution in [3.63, 3.8) is 0 Å². The van der Waals surface area contributed by atoms with Gasteiger partial charge in [-0.2, -0.15) is 5.26 Å². The van der Waals surface area contributed by atoms with Gasteiger partial charge >= 0.3 is 0 Å². The van der Waals surface area contributed by atoms with E-state index in [2.05, 4.69) is 11.4 Å². The summed E-state index contributed by atoms with van der Waals surface area (Å²) >= 11 is 0. The summed E-state index contributed by atoms with van der Waals surface area (Å²) in [5.74, 6) is -0.843. The van der Waals surface area contributed by atoms with Crippen LogP contribution in [0.25, 0.3) is 16.3 Å². The molecule has 0 unspecified atom stereocenters. The molecule has 158 valence electrons. The van der Waals surface area contributed by atoms with Crippen molar-refractivity contribution in [3.8, 4) is 6.07 Å². The molecule has 0 bridgehead atoms. The maximum atomic E-state index is 13.6. The average molecular weight is 429 g/mol. The summed E-state index contributed by atoms with van der Waals surface area (Å²) in [6, 6.07) is 29.7. The van der Waals surface area contributed by atoms with Gasteiger partial charge < -0.3 is 5.32 Å². The van der Waals surface area contributed by atoms with Crippen LogP contribution in [-0.4, -0.2) is 11.8 Å². The second-order valence-corrected chi connectivity index (χ2v) is 7.87. The molecule has 0 spiro atoms. The molecular formula is C28H19N3O2. The third-order valence-corrected chi connectivity index (χ3v) is 5.73. The minimum absolute atomic E-state index is 0.226. The lowest BCUT2D eigenvalue weighted by atomic mass is 10.0. The van der Waals surface area contributed by atoms with Crippen LogP contribution in [0.1, 0.15) is 16.7 Å². The molecular weight excluding hydrogens is 410 g/mol. The highest BCUT2D eigenvalue weighted by atomic mass is 16.2. The summed E-state index contributed by atoms with van der Waals surface area (Å²) < 4.78 is 0. The van der Waals surface area contributed by atoms with Crippen molar-refractivity contribution in [1.82, 2.24) is 0 Å². The Morgan fingerprint density at radius 1 is 0.788 bits per heavy atom. The van der Waals surface area contributed by atoms with Gasteiger partial charge in [0.15, 0.2) is 0 Å². The molecule has 0 aliphatic carbocycles. The zero-order valence-corrected chi connectivity index (χ0v) is 17.9. The van der Waals surface area contributed by atoms with Gasteiger partial charge in [-0.15, -0.1) is 0 Å². The van der Waals surface area contributed by atoms with Crippen LogP contribution in [0.2, 0.25) is 0 Å². The number of carbonyl (C=O) groups is 2. The Kier molecular flexibility index (Phi) is 4.96. The first-order valence-corrected chi connectivity index (χ1v) is 10.5. The molecule has 0 saturated heterocycles. The van der Waals surface area contributed by atoms with Crippen LogP contribution in [0.15, 0.2) is 96.7 Å². The van der Waals surface area contributed by atoms with Gasteiger partial charge in [0.05, 0.1) is 22.9 Å². The topological polar surface area (TPSA) is 73.2 Å². The Balaban J connectivity index is 1.64. The number of nitriles is 1. The Morgan fingerprint density at radius 2 is 1.48 bits per heavy atom. The van der Waals surface area contributed by atoms with E-state index < -0.39 is 11.8 Å². The molecule has 5 nitrogen and oxygen atoms in total. The number of imide groups is 1. The van der Waals surface area contributed by atoms with Gasteiger partial charge in [-0.25, -0.2) is 4.90 Å². The van der Waals surface area contributed by atoms with Crippen LogP contribution in [0.3, 0.4) is 0 Å². The molecule has 5 heteroatoms. The quantitative estimate of drug-likeness (QED) is 0.440. The van der Waals surface area contributed by atoms with Crippen molar-refractivity contribution in [2.75, 3.05) is 10.2 Å². The van der Waals surface area contributed by atoms with Crippen LogP contribution in [0.5, 0.6) is 0 Å². The SMILES string of the molecule is Cc1ccc(C2=C(Nc3cccc4ccccc34)C(=O)N(c3ccc(C#N)cc3)C2=O)cc1. The van der Waals surface area contributed by atoms with E-state index in [9.17, 15) is 9.59 Å². The lowest BCUT2D eigenvalue weighted by Crippen LogP contribution is -2.32. The molecule has 1 N–H and O–H groups in total. The number of aryl methyl sites for hydroxylation is 1. The van der Waals surface area contributed by atoms with Crippen molar-refractivity contribution in [2.45, 2.75) is 6.92 Å². The molecule has 4 aromatic rings. The highest BCUT2D eigenvalue weighted by molar-refractivity contribution is 6.46. The number of anilines is 2. The fraction of sp³-hybridized carbons (Fsp3) is 0.0357. The molecule has 0 aromatic heterocycles. The molecule has 4 aromatic carbocycles. The second kappa shape index (κ2) is 8.10. The number of hydrogen-bond donors (Lipinski definition) is 1. The standard InChI is InChI=1S/C28H19N3O2/c1-18-9-13-21(14-10-18)25-26(30-24-8-4-6-20-5-2-3-7-23(20)24)28(33)31(27(25)32)22-15-11-19(17-29)12-16-22/h2-16,30H,1H3. The third-order valence-electron chi connectivity index (χ3n) is 5.73. The highest BCUT2D eigenvalue weighted by Crippen LogP contribution is 2.35. The summed E-state index contributed by atoms with van der Waals surface area (Å²) in [5, 5.41) is 14.3. The monoisotopic (exact) mass is 429 g/mol. The van der Waals surface area contributed by atoms with E-state index in [0.29, 0.717) is 22.4 Å². The van der Waals surface area contributed by atoms with Gasteiger partial charge in [-0.3, -0.25) is 9.59 Å². The molecule has 0 fully saturated rings. The van der Waals surface area contributed by atoms with E-state index in [1.54, 1.807) is 24.3 Å². The Bertz CT molecular complexity index is 1470. The molecule has 33 heavy (non-hydrogen) atoms. The van der Waals surface area contributed by atoms with Crippen LogP contribution in [0, 0.1) is 18.3 Å². The summed E-state index contributed by atoms with van der Waals surface area (Å²) in [6.45, 7) is 1.97. The Labute approximate surface area is 191 Å². The molecule has 0 atom stereocenters. The summed E-state index contributed by atoms with van der Waals surface area (Å²) in [7, 11) is 0. The van der Waals surface area contributed by atoms with E-state index in [1.807, 2.05) is 73.7 Å². The van der Waals surface area contributed by atoms with Crippen molar-refractivity contribution < 1.29 is 9.59 Å². The fourth-order valence-corrected chi connectivity index (χ4v) is 4.02. The predicted octanol–water partition coefficient (Wildman–Crippen LogP) is 5.42. The van der Waals surface area contributed by atoms with Gasteiger partial charge in [0.1, 0.15) is 5.70 Å². The van der Waals surface area contributed by atoms with Gasteiger partial charge in [0.25, 0.3) is 11.8 Å². The van der Waals surface area contributed by atoms with Crippen LogP contribution < -0.4 is 10.2 Å². The van der Waals surface area contributed by atoms with E-state index >= 15 is 0 Å². The number of fused-ring (bicyclic) bond motifs is 1. The van der Waals surface area contributed by atoms with E-state index in [0.717, 1.165) is 26.9 Å². The maximum Gasteiger partial charge on any atom is 0.282 e. The van der Waals surface area contributed by atoms with Gasteiger partial charge in [-0.1, -0.05) is 66.2 Å². The Hall–Kier alpha value is -4.69. The molecule has 1 aliphatic heterocycles. The van der Waals surface area contributed by atoms with Crippen molar-refractivity contribution >= 4 is 39.5 Å². The number of carbonyl (C=O) groups excluding carboxylic acids is 2. The smallest absolute Gasteiger partial charge is 0.282 e. The van der Waals surface area contributed by atoms with Crippen LogP contribution >= 0.6 is 0 Å². The van der Waals surface area contributed by atoms with Crippen LogP contribution in [0.4, 0.5) is 11.4 Å². The number of hydrogen-bond acceptors (Lipinski definition) is 4. The molecule has 5 rings (SSSR count). The Morgan fingerprint density at radius 3 is 2.21 bits per heavy atom. The first-order valence-electron chi connectivity index (χ1n) is 10.5. The van der Waals surface area contributed by atoms with Crippen molar-refractivity contribution in [2.24, 2.45) is 0 Å². The number of rotatable bonds is 4. The largest absolute Gasteiger partial charge is 0.350 e. The maximum absolute atomic E-state index is 13.6. The van der Waals surface area contributed by atoms with Gasteiger partial charge in [-0.05, 0) is 48.2 Å². The zero-order chi connectivity index (χ0) is 22.9. The first kappa shape index (κ1) is 20.2. The van der Waals surface area contributed by atoms with Gasteiger partial charge in [0.2, 0.25) is 0 Å². The molecule has 1 aliphatic rings. The summed E-state index contributed by atoms with van der Waals surface area (Å²) in [6.07, 6.45) is 0. The number of nitrogens with one attached hydrogen (secondary N) is 1. The van der Waals surface area contributed by atoms with E-state index in [-0.39, 0.29) is 5.70 Å². The minimum atomic E-state index is -0.437.